The molecule has 0 saturated heterocycles. The zero-order valence-corrected chi connectivity index (χ0v) is 17.4. The van der Waals surface area contributed by atoms with Crippen LogP contribution in [0, 0.1) is 5.82 Å². The van der Waals surface area contributed by atoms with Crippen molar-refractivity contribution in [3.63, 3.8) is 0 Å². The normalized spacial score (nSPS) is 10.9. The number of hydrogen-bond donors (Lipinski definition) is 2. The Morgan fingerprint density at radius 2 is 1.83 bits per heavy atom. The van der Waals surface area contributed by atoms with Crippen LogP contribution >= 0.6 is 0 Å². The summed E-state index contributed by atoms with van der Waals surface area (Å²) in [4.78, 5) is 42.6. The van der Waals surface area contributed by atoms with Crippen molar-refractivity contribution in [3.8, 4) is 0 Å². The quantitative estimate of drug-likeness (QED) is 0.659. The number of carbonyl (C=O) groups excluding carboxylic acids is 3. The van der Waals surface area contributed by atoms with E-state index in [-0.39, 0.29) is 36.9 Å². The summed E-state index contributed by atoms with van der Waals surface area (Å²) in [6, 6.07) is 10.5. The smallest absolute Gasteiger partial charge is 0.240 e. The van der Waals surface area contributed by atoms with Gasteiger partial charge in [0.1, 0.15) is 18.2 Å². The van der Waals surface area contributed by atoms with E-state index >= 15 is 0 Å². The lowest BCUT2D eigenvalue weighted by Crippen LogP contribution is -2.48. The largest absolute Gasteiger partial charge is 0.350 e. The molecule has 0 bridgehead atoms. The first-order valence-electron chi connectivity index (χ1n) is 9.78. The molecule has 0 aliphatic carbocycles. The van der Waals surface area contributed by atoms with Crippen molar-refractivity contribution in [2.45, 2.75) is 45.6 Å². The summed E-state index contributed by atoms with van der Waals surface area (Å²) in [6.07, 6.45) is 2.02. The first-order chi connectivity index (χ1) is 14.2. The van der Waals surface area contributed by atoms with E-state index in [1.54, 1.807) is 30.5 Å². The van der Waals surface area contributed by atoms with Gasteiger partial charge in [-0.2, -0.15) is 0 Å². The molecule has 0 radical (unpaired) electrons. The van der Waals surface area contributed by atoms with Crippen LogP contribution in [-0.4, -0.2) is 34.8 Å². The van der Waals surface area contributed by atoms with E-state index < -0.39 is 17.3 Å². The average molecular weight is 414 g/mol. The molecule has 0 aliphatic heterocycles. The summed E-state index contributed by atoms with van der Waals surface area (Å²) in [5.74, 6) is -1.33. The van der Waals surface area contributed by atoms with Gasteiger partial charge in [-0.3, -0.25) is 14.4 Å². The molecule has 7 nitrogen and oxygen atoms in total. The van der Waals surface area contributed by atoms with E-state index in [4.69, 9.17) is 0 Å². The van der Waals surface area contributed by atoms with Gasteiger partial charge in [0.15, 0.2) is 0 Å². The van der Waals surface area contributed by atoms with Gasteiger partial charge in [0.2, 0.25) is 17.7 Å². The Bertz CT molecular complexity index is 887. The zero-order chi connectivity index (χ0) is 22.1. The molecule has 2 rings (SSSR count). The number of nitrogens with zero attached hydrogens (tertiary/aromatic N) is 2. The van der Waals surface area contributed by atoms with Gasteiger partial charge in [0.05, 0.1) is 0 Å². The lowest BCUT2D eigenvalue weighted by Gasteiger charge is -2.28. The van der Waals surface area contributed by atoms with Crippen LogP contribution in [0.5, 0.6) is 0 Å². The second-order valence-corrected chi connectivity index (χ2v) is 7.51. The Balaban J connectivity index is 2.06. The third kappa shape index (κ3) is 7.27. The number of aromatic nitrogens is 1. The summed E-state index contributed by atoms with van der Waals surface area (Å²) in [5.41, 5.74) is -0.175. The van der Waals surface area contributed by atoms with Crippen molar-refractivity contribution in [2.75, 3.05) is 16.8 Å². The topological polar surface area (TPSA) is 91.4 Å². The molecule has 2 aromatic rings. The summed E-state index contributed by atoms with van der Waals surface area (Å²) >= 11 is 0. The number of amides is 3. The number of hydrogen-bond acceptors (Lipinski definition) is 4. The lowest BCUT2D eigenvalue weighted by molar-refractivity contribution is -0.125. The Morgan fingerprint density at radius 1 is 1.07 bits per heavy atom. The first-order valence-corrected chi connectivity index (χ1v) is 9.78. The van der Waals surface area contributed by atoms with Gasteiger partial charge in [-0.15, -0.1) is 0 Å². The highest BCUT2D eigenvalue weighted by Gasteiger charge is 2.24. The van der Waals surface area contributed by atoms with Crippen LogP contribution in [0.25, 0.3) is 0 Å². The number of rotatable bonds is 9. The molecule has 1 aromatic carbocycles. The van der Waals surface area contributed by atoms with Gasteiger partial charge in [-0.25, -0.2) is 9.37 Å². The predicted molar refractivity (Wildman–Crippen MR) is 113 cm³/mol. The molecule has 0 fully saturated rings. The van der Waals surface area contributed by atoms with Gasteiger partial charge >= 0.3 is 0 Å². The summed E-state index contributed by atoms with van der Waals surface area (Å²) in [7, 11) is 0. The molecule has 30 heavy (non-hydrogen) atoms. The molecule has 3 amide bonds. The molecule has 0 saturated carbocycles. The highest BCUT2D eigenvalue weighted by molar-refractivity contribution is 6.01. The monoisotopic (exact) mass is 414 g/mol. The first kappa shape index (κ1) is 23.0. The fraction of sp³-hybridized carbons (Fsp3) is 0.364. The SMILES string of the molecule is CCC(C)(C)NC(=O)CN(C(=O)CCC(=O)Nc1ccccn1)c1cccc(F)c1. The van der Waals surface area contributed by atoms with Crippen molar-refractivity contribution in [2.24, 2.45) is 0 Å². The van der Waals surface area contributed by atoms with Crippen LogP contribution in [0.1, 0.15) is 40.0 Å². The van der Waals surface area contributed by atoms with Gasteiger partial charge in [0.25, 0.3) is 0 Å². The van der Waals surface area contributed by atoms with Crippen molar-refractivity contribution >= 4 is 29.2 Å². The number of pyridine rings is 1. The summed E-state index contributed by atoms with van der Waals surface area (Å²) in [5, 5.41) is 5.46. The van der Waals surface area contributed by atoms with Crippen molar-refractivity contribution < 1.29 is 18.8 Å². The van der Waals surface area contributed by atoms with Crippen LogP contribution in [0.2, 0.25) is 0 Å². The Kier molecular flexibility index (Phi) is 8.03. The Labute approximate surface area is 175 Å². The average Bonchev–Trinajstić information content (AvgIpc) is 2.70. The van der Waals surface area contributed by atoms with E-state index in [1.807, 2.05) is 20.8 Å². The Morgan fingerprint density at radius 3 is 2.47 bits per heavy atom. The molecule has 8 heteroatoms. The second-order valence-electron chi connectivity index (χ2n) is 7.51. The van der Waals surface area contributed by atoms with Gasteiger partial charge < -0.3 is 15.5 Å². The second kappa shape index (κ2) is 10.5. The van der Waals surface area contributed by atoms with Gasteiger partial charge in [-0.1, -0.05) is 19.1 Å². The fourth-order valence-electron chi connectivity index (χ4n) is 2.61. The standard InChI is InChI=1S/C22H27FN4O3/c1-4-22(2,3)26-20(29)15-27(17-9-7-8-16(23)14-17)21(30)12-11-19(28)25-18-10-5-6-13-24-18/h5-10,13-14H,4,11-12,15H2,1-3H3,(H,26,29)(H,24,25,28). The van der Waals surface area contributed by atoms with Crippen molar-refractivity contribution in [1.29, 1.82) is 0 Å². The van der Waals surface area contributed by atoms with Gasteiger partial charge in [-0.05, 0) is 50.6 Å². The van der Waals surface area contributed by atoms with E-state index in [9.17, 15) is 18.8 Å². The van der Waals surface area contributed by atoms with Crippen LogP contribution < -0.4 is 15.5 Å². The maximum Gasteiger partial charge on any atom is 0.240 e. The van der Waals surface area contributed by atoms with E-state index in [0.29, 0.717) is 12.2 Å². The third-order valence-electron chi connectivity index (χ3n) is 4.58. The fourth-order valence-corrected chi connectivity index (χ4v) is 2.61. The molecular formula is C22H27FN4O3. The number of carbonyl (C=O) groups is 3. The van der Waals surface area contributed by atoms with E-state index in [1.165, 1.54) is 23.1 Å². The van der Waals surface area contributed by atoms with E-state index in [2.05, 4.69) is 15.6 Å². The predicted octanol–water partition coefficient (Wildman–Crippen LogP) is 3.28. The molecular weight excluding hydrogens is 387 g/mol. The number of anilines is 2. The van der Waals surface area contributed by atoms with Crippen molar-refractivity contribution in [1.82, 2.24) is 10.3 Å². The van der Waals surface area contributed by atoms with Crippen LogP contribution in [0.3, 0.4) is 0 Å². The molecule has 1 heterocycles. The third-order valence-corrected chi connectivity index (χ3v) is 4.58. The zero-order valence-electron chi connectivity index (χ0n) is 17.4. The molecule has 0 unspecified atom stereocenters. The maximum absolute atomic E-state index is 13.7. The van der Waals surface area contributed by atoms with Gasteiger partial charge in [0, 0.05) is 30.3 Å². The van der Waals surface area contributed by atoms with Crippen LogP contribution in [-0.2, 0) is 14.4 Å². The van der Waals surface area contributed by atoms with Crippen molar-refractivity contribution in [3.05, 3.63) is 54.5 Å². The number of halogens is 1. The minimum Gasteiger partial charge on any atom is -0.350 e. The molecule has 1 aromatic heterocycles. The minimum absolute atomic E-state index is 0.0940. The maximum atomic E-state index is 13.7. The molecule has 160 valence electrons. The lowest BCUT2D eigenvalue weighted by atomic mass is 10.0. The molecule has 0 spiro atoms. The molecule has 0 aliphatic rings. The van der Waals surface area contributed by atoms with Crippen LogP contribution in [0.15, 0.2) is 48.7 Å². The molecule has 0 atom stereocenters. The number of benzene rings is 1. The Hall–Kier alpha value is -3.29. The summed E-state index contributed by atoms with van der Waals surface area (Å²) in [6.45, 7) is 5.42. The minimum atomic E-state index is -0.521. The van der Waals surface area contributed by atoms with Crippen LogP contribution in [0.4, 0.5) is 15.9 Å². The number of nitrogens with one attached hydrogen (secondary N) is 2. The molecule has 2 N–H and O–H groups in total. The highest BCUT2D eigenvalue weighted by atomic mass is 19.1. The van der Waals surface area contributed by atoms with E-state index in [0.717, 1.165) is 0 Å². The highest BCUT2D eigenvalue weighted by Crippen LogP contribution is 2.18. The summed E-state index contributed by atoms with van der Waals surface area (Å²) < 4.78 is 13.7.